The van der Waals surface area contributed by atoms with Gasteiger partial charge in [0.05, 0.1) is 5.92 Å². The second kappa shape index (κ2) is 5.56. The first-order valence-corrected chi connectivity index (χ1v) is 6.00. The second-order valence-corrected chi connectivity index (χ2v) is 5.42. The summed E-state index contributed by atoms with van der Waals surface area (Å²) < 4.78 is 10.4. The van der Waals surface area contributed by atoms with Gasteiger partial charge in [0.15, 0.2) is 0 Å². The highest BCUT2D eigenvalue weighted by Crippen LogP contribution is 2.25. The molecule has 1 saturated heterocycles. The minimum absolute atomic E-state index is 0.297. The van der Waals surface area contributed by atoms with Gasteiger partial charge in [-0.25, -0.2) is 4.79 Å². The van der Waals surface area contributed by atoms with Crippen LogP contribution in [-0.2, 0) is 14.3 Å². The Hall–Kier alpha value is -1.30. The number of carbonyl (C=O) groups is 2. The van der Waals surface area contributed by atoms with Gasteiger partial charge in [0.1, 0.15) is 11.8 Å². The summed E-state index contributed by atoms with van der Waals surface area (Å²) in [5, 5.41) is 8.97. The van der Waals surface area contributed by atoms with E-state index in [0.29, 0.717) is 19.4 Å². The van der Waals surface area contributed by atoms with E-state index in [1.165, 1.54) is 12.0 Å². The molecule has 1 fully saturated rings. The normalized spacial score (nSPS) is 24.8. The summed E-state index contributed by atoms with van der Waals surface area (Å²) >= 11 is 0. The smallest absolute Gasteiger partial charge is 0.412 e. The van der Waals surface area contributed by atoms with Gasteiger partial charge in [-0.1, -0.05) is 0 Å². The van der Waals surface area contributed by atoms with E-state index in [2.05, 4.69) is 0 Å². The molecular formula is C12H21NO5. The highest BCUT2D eigenvalue weighted by molar-refractivity contribution is 5.72. The summed E-state index contributed by atoms with van der Waals surface area (Å²) in [7, 11) is 1.46. The first-order valence-electron chi connectivity index (χ1n) is 6.00. The number of carbonyl (C=O) groups excluding carboxylic acids is 1. The molecule has 0 radical (unpaired) electrons. The molecule has 0 aliphatic carbocycles. The maximum atomic E-state index is 11.9. The van der Waals surface area contributed by atoms with Gasteiger partial charge in [-0.05, 0) is 27.2 Å². The Morgan fingerprint density at radius 2 is 1.94 bits per heavy atom. The van der Waals surface area contributed by atoms with Crippen molar-refractivity contribution >= 4 is 12.1 Å². The lowest BCUT2D eigenvalue weighted by atomic mass is 9.96. The monoisotopic (exact) mass is 259 g/mol. The molecule has 18 heavy (non-hydrogen) atoms. The van der Waals surface area contributed by atoms with Gasteiger partial charge in [0.2, 0.25) is 0 Å². The molecule has 1 aliphatic rings. The zero-order valence-corrected chi connectivity index (χ0v) is 11.3. The number of carboxylic acid groups (broad SMARTS) is 1. The molecule has 1 unspecified atom stereocenters. The number of amides is 1. The Bertz CT molecular complexity index is 323. The molecule has 0 aromatic rings. The predicted octanol–water partition coefficient (Wildman–Crippen LogP) is 1.69. The molecule has 1 N–H and O–H groups in total. The predicted molar refractivity (Wildman–Crippen MR) is 64.1 cm³/mol. The molecule has 1 aliphatic heterocycles. The van der Waals surface area contributed by atoms with Crippen molar-refractivity contribution < 1.29 is 24.2 Å². The number of aliphatic carboxylic acids is 1. The van der Waals surface area contributed by atoms with Crippen molar-refractivity contribution in [3.05, 3.63) is 0 Å². The largest absolute Gasteiger partial charge is 0.481 e. The van der Waals surface area contributed by atoms with Gasteiger partial charge >= 0.3 is 12.1 Å². The molecule has 0 spiro atoms. The van der Waals surface area contributed by atoms with Crippen LogP contribution in [0, 0.1) is 5.92 Å². The highest BCUT2D eigenvalue weighted by atomic mass is 16.6. The van der Waals surface area contributed by atoms with Crippen LogP contribution in [-0.4, -0.2) is 47.6 Å². The zero-order chi connectivity index (χ0) is 13.9. The van der Waals surface area contributed by atoms with Crippen molar-refractivity contribution in [3.63, 3.8) is 0 Å². The van der Waals surface area contributed by atoms with E-state index in [4.69, 9.17) is 14.6 Å². The van der Waals surface area contributed by atoms with Crippen molar-refractivity contribution in [1.29, 1.82) is 0 Å². The van der Waals surface area contributed by atoms with E-state index < -0.39 is 29.8 Å². The third-order valence-electron chi connectivity index (χ3n) is 2.80. The van der Waals surface area contributed by atoms with Crippen molar-refractivity contribution in [2.24, 2.45) is 5.92 Å². The first kappa shape index (κ1) is 14.8. The molecular weight excluding hydrogens is 238 g/mol. The number of nitrogens with zero attached hydrogens (tertiary/aromatic N) is 1. The number of hydrogen-bond acceptors (Lipinski definition) is 4. The number of hydrogen-bond donors (Lipinski definition) is 1. The maximum absolute atomic E-state index is 11.9. The van der Waals surface area contributed by atoms with Crippen LogP contribution in [0.5, 0.6) is 0 Å². The van der Waals surface area contributed by atoms with E-state index >= 15 is 0 Å². The van der Waals surface area contributed by atoms with Crippen LogP contribution in [0.1, 0.15) is 33.6 Å². The van der Waals surface area contributed by atoms with Gasteiger partial charge in [-0.2, -0.15) is 0 Å². The van der Waals surface area contributed by atoms with Gasteiger partial charge in [-0.15, -0.1) is 0 Å². The fourth-order valence-corrected chi connectivity index (χ4v) is 1.90. The van der Waals surface area contributed by atoms with E-state index in [9.17, 15) is 9.59 Å². The lowest BCUT2D eigenvalue weighted by molar-refractivity contribution is -0.148. The van der Waals surface area contributed by atoms with E-state index in [-0.39, 0.29) is 0 Å². The lowest BCUT2D eigenvalue weighted by Crippen LogP contribution is -2.49. The summed E-state index contributed by atoms with van der Waals surface area (Å²) in [4.78, 5) is 24.3. The fraction of sp³-hybridized carbons (Fsp3) is 0.833. The minimum Gasteiger partial charge on any atom is -0.481 e. The van der Waals surface area contributed by atoms with E-state index in [0.717, 1.165) is 0 Å². The molecule has 0 aromatic heterocycles. The van der Waals surface area contributed by atoms with Gasteiger partial charge in [0, 0.05) is 20.1 Å². The standard InChI is InChI=1S/C12H21NO5/c1-12(2,3)18-11(16)13-6-5-8(10(14)15)7-9(13)17-4/h8-9H,5-7H2,1-4H3,(H,14,15)/t8?,9-/m1/s1. The van der Waals surface area contributed by atoms with E-state index in [1.807, 2.05) is 0 Å². The molecule has 0 aromatic carbocycles. The molecule has 0 bridgehead atoms. The quantitative estimate of drug-likeness (QED) is 0.816. The molecule has 1 rings (SSSR count). The van der Waals surface area contributed by atoms with Crippen molar-refractivity contribution in [1.82, 2.24) is 4.90 Å². The molecule has 1 heterocycles. The summed E-state index contributed by atoms with van der Waals surface area (Å²) in [5.74, 6) is -1.31. The number of carboxylic acids is 1. The Morgan fingerprint density at radius 3 is 2.39 bits per heavy atom. The van der Waals surface area contributed by atoms with Crippen molar-refractivity contribution in [2.75, 3.05) is 13.7 Å². The average Bonchev–Trinajstić information content (AvgIpc) is 2.25. The first-order chi connectivity index (χ1) is 8.24. The van der Waals surface area contributed by atoms with Gasteiger partial charge in [0.25, 0.3) is 0 Å². The van der Waals surface area contributed by atoms with Crippen molar-refractivity contribution in [2.45, 2.75) is 45.4 Å². The lowest BCUT2D eigenvalue weighted by Gasteiger charge is -2.37. The average molecular weight is 259 g/mol. The molecule has 1 amide bonds. The Labute approximate surface area is 107 Å². The number of rotatable bonds is 2. The number of likely N-dealkylation sites (tertiary alicyclic amines) is 1. The number of ether oxygens (including phenoxy) is 2. The molecule has 104 valence electrons. The number of methoxy groups -OCH3 is 1. The fourth-order valence-electron chi connectivity index (χ4n) is 1.90. The summed E-state index contributed by atoms with van der Waals surface area (Å²) in [5.41, 5.74) is -0.570. The summed E-state index contributed by atoms with van der Waals surface area (Å²) in [6.45, 7) is 5.70. The summed E-state index contributed by atoms with van der Waals surface area (Å²) in [6, 6.07) is 0. The van der Waals surface area contributed by atoms with Crippen LogP contribution in [0.2, 0.25) is 0 Å². The Kier molecular flexibility index (Phi) is 4.56. The van der Waals surface area contributed by atoms with Crippen molar-refractivity contribution in [3.8, 4) is 0 Å². The topological polar surface area (TPSA) is 76.1 Å². The van der Waals surface area contributed by atoms with Crippen LogP contribution < -0.4 is 0 Å². The van der Waals surface area contributed by atoms with Gasteiger partial charge in [-0.3, -0.25) is 9.69 Å². The Balaban J connectivity index is 2.67. The SMILES string of the molecule is CO[C@@H]1CC(C(=O)O)CCN1C(=O)OC(C)(C)C. The van der Waals surface area contributed by atoms with E-state index in [1.54, 1.807) is 20.8 Å². The second-order valence-electron chi connectivity index (χ2n) is 5.42. The molecule has 6 heteroatoms. The van der Waals surface area contributed by atoms with Crippen LogP contribution in [0.15, 0.2) is 0 Å². The molecule has 6 nitrogen and oxygen atoms in total. The third-order valence-corrected chi connectivity index (χ3v) is 2.80. The maximum Gasteiger partial charge on any atom is 0.412 e. The minimum atomic E-state index is -0.846. The third kappa shape index (κ3) is 3.87. The van der Waals surface area contributed by atoms with Crippen LogP contribution >= 0.6 is 0 Å². The molecule has 0 saturated carbocycles. The van der Waals surface area contributed by atoms with Crippen LogP contribution in [0.3, 0.4) is 0 Å². The van der Waals surface area contributed by atoms with Crippen LogP contribution in [0.25, 0.3) is 0 Å². The number of piperidine rings is 1. The molecule has 2 atom stereocenters. The Morgan fingerprint density at radius 1 is 1.33 bits per heavy atom. The van der Waals surface area contributed by atoms with Crippen LogP contribution in [0.4, 0.5) is 4.79 Å². The highest BCUT2D eigenvalue weighted by Gasteiger charge is 2.36. The van der Waals surface area contributed by atoms with Gasteiger partial charge < -0.3 is 14.6 Å². The summed E-state index contributed by atoms with van der Waals surface area (Å²) in [6.07, 6.45) is -0.271. The zero-order valence-electron chi connectivity index (χ0n) is 11.3.